The van der Waals surface area contributed by atoms with E-state index < -0.39 is 17.3 Å². The van der Waals surface area contributed by atoms with E-state index in [1.165, 1.54) is 11.0 Å². The molecule has 1 aliphatic heterocycles. The Hall–Kier alpha value is -3.26. The number of aromatic hydroxyl groups is 1. The highest BCUT2D eigenvalue weighted by atomic mass is 35.5. The van der Waals surface area contributed by atoms with Gasteiger partial charge in [-0.25, -0.2) is 0 Å². The van der Waals surface area contributed by atoms with Gasteiger partial charge in [0.1, 0.15) is 5.02 Å². The van der Waals surface area contributed by atoms with Gasteiger partial charge >= 0.3 is 0 Å². The predicted octanol–water partition coefficient (Wildman–Crippen LogP) is 4.53. The third-order valence-corrected chi connectivity index (χ3v) is 6.40. The summed E-state index contributed by atoms with van der Waals surface area (Å²) < 4.78 is 5.60. The molecule has 182 valence electrons. The first kappa shape index (κ1) is 24.9. The van der Waals surface area contributed by atoms with Gasteiger partial charge < -0.3 is 20.9 Å². The second-order valence-corrected chi connectivity index (χ2v) is 8.98. The number of ether oxygens (including phenoxy) is 1. The number of nitrogens with two attached hydrogens (primary N) is 1. The maximum Gasteiger partial charge on any atom is 0.276 e. The Morgan fingerprint density at radius 1 is 1.06 bits per heavy atom. The van der Waals surface area contributed by atoms with Crippen LogP contribution in [0.15, 0.2) is 66.7 Å². The van der Waals surface area contributed by atoms with E-state index in [1.807, 2.05) is 48.5 Å². The fourth-order valence-corrected chi connectivity index (χ4v) is 4.51. The summed E-state index contributed by atoms with van der Waals surface area (Å²) in [4.78, 5) is 28.0. The van der Waals surface area contributed by atoms with Gasteiger partial charge in [0.2, 0.25) is 5.66 Å². The van der Waals surface area contributed by atoms with Crippen LogP contribution in [-0.2, 0) is 11.2 Å². The number of carbonyl (C=O) groups is 2. The fraction of sp³-hybridized carbons (Fsp3) is 0.231. The number of nitrogens with one attached hydrogen (secondary N) is 1. The molecule has 3 aromatic carbocycles. The number of amides is 2. The van der Waals surface area contributed by atoms with Gasteiger partial charge in [-0.1, -0.05) is 71.7 Å². The van der Waals surface area contributed by atoms with Crippen LogP contribution in [0.5, 0.6) is 11.5 Å². The van der Waals surface area contributed by atoms with Crippen LogP contribution in [0.4, 0.5) is 5.69 Å². The molecule has 0 saturated carbocycles. The molecule has 0 spiro atoms. The van der Waals surface area contributed by atoms with Crippen molar-refractivity contribution in [3.05, 3.63) is 87.9 Å². The van der Waals surface area contributed by atoms with E-state index in [0.717, 1.165) is 12.0 Å². The molecule has 1 aliphatic rings. The molecule has 0 aromatic heterocycles. The molecule has 1 heterocycles. The number of anilines is 1. The zero-order chi connectivity index (χ0) is 25.0. The van der Waals surface area contributed by atoms with Crippen molar-refractivity contribution in [1.82, 2.24) is 5.32 Å². The van der Waals surface area contributed by atoms with Crippen molar-refractivity contribution in [3.63, 3.8) is 0 Å². The summed E-state index contributed by atoms with van der Waals surface area (Å²) in [5.74, 6) is -1.34. The smallest absolute Gasteiger partial charge is 0.276 e. The molecule has 7 nitrogen and oxygen atoms in total. The van der Waals surface area contributed by atoms with Gasteiger partial charge in [0.05, 0.1) is 17.2 Å². The number of benzene rings is 3. The number of hydrogen-bond donors (Lipinski definition) is 3. The van der Waals surface area contributed by atoms with Gasteiger partial charge in [-0.15, -0.1) is 0 Å². The van der Waals surface area contributed by atoms with E-state index in [2.05, 4.69) is 5.32 Å². The molecule has 0 radical (unpaired) electrons. The molecule has 1 unspecified atom stereocenters. The first-order valence-electron chi connectivity index (χ1n) is 11.2. The Kier molecular flexibility index (Phi) is 7.50. The standard InChI is InChI=1S/C26H25Cl2N3O4/c27-20-15-19(22(32)21(28)23(20)35-14-8-7-13-29)24(33)30-26(16-17-9-3-1-4-10-17)25(34)31(26)18-11-5-2-6-12-18/h1-6,9-12,15,32H,7-8,13-14,16,29H2,(H,30,33). The quantitative estimate of drug-likeness (QED) is 0.272. The number of rotatable bonds is 10. The Balaban J connectivity index is 1.62. The lowest BCUT2D eigenvalue weighted by Crippen LogP contribution is -2.44. The molecular weight excluding hydrogens is 489 g/mol. The molecule has 3 aromatic rings. The topological polar surface area (TPSA) is 105 Å². The summed E-state index contributed by atoms with van der Waals surface area (Å²) in [5, 5.41) is 13.4. The summed E-state index contributed by atoms with van der Waals surface area (Å²) >= 11 is 12.6. The maximum atomic E-state index is 13.3. The van der Waals surface area contributed by atoms with Gasteiger partial charge in [-0.2, -0.15) is 0 Å². The molecule has 2 amide bonds. The summed E-state index contributed by atoms with van der Waals surface area (Å²) in [6, 6.07) is 19.7. The zero-order valence-electron chi connectivity index (χ0n) is 18.8. The van der Waals surface area contributed by atoms with Gasteiger partial charge in [0.25, 0.3) is 11.8 Å². The molecule has 0 aliphatic carbocycles. The second-order valence-electron chi connectivity index (χ2n) is 8.19. The van der Waals surface area contributed by atoms with Crippen molar-refractivity contribution >= 4 is 40.7 Å². The molecule has 1 fully saturated rings. The van der Waals surface area contributed by atoms with Crippen LogP contribution < -0.4 is 20.7 Å². The third-order valence-electron chi connectivity index (χ3n) is 5.77. The second kappa shape index (κ2) is 10.6. The highest BCUT2D eigenvalue weighted by Gasteiger charge is 2.64. The lowest BCUT2D eigenvalue weighted by molar-refractivity contribution is -0.111. The van der Waals surface area contributed by atoms with Crippen LogP contribution in [0.1, 0.15) is 28.8 Å². The number of phenolic OH excluding ortho intramolecular Hbond substituents is 1. The highest BCUT2D eigenvalue weighted by Crippen LogP contribution is 2.44. The van der Waals surface area contributed by atoms with Crippen molar-refractivity contribution in [3.8, 4) is 11.5 Å². The Morgan fingerprint density at radius 3 is 2.37 bits per heavy atom. The molecule has 9 heteroatoms. The zero-order valence-corrected chi connectivity index (χ0v) is 20.4. The van der Waals surface area contributed by atoms with Crippen LogP contribution >= 0.6 is 23.2 Å². The van der Waals surface area contributed by atoms with Crippen molar-refractivity contribution in [1.29, 1.82) is 0 Å². The maximum absolute atomic E-state index is 13.3. The summed E-state index contributed by atoms with van der Waals surface area (Å²) in [6.07, 6.45) is 1.68. The van der Waals surface area contributed by atoms with Crippen LogP contribution in [-0.4, -0.2) is 35.7 Å². The van der Waals surface area contributed by atoms with Crippen LogP contribution in [0, 0.1) is 0 Å². The Morgan fingerprint density at radius 2 is 1.71 bits per heavy atom. The van der Waals surface area contributed by atoms with E-state index in [0.29, 0.717) is 25.3 Å². The fourth-order valence-electron chi connectivity index (χ4n) is 3.95. The average molecular weight is 514 g/mol. The van der Waals surface area contributed by atoms with E-state index >= 15 is 0 Å². The molecule has 4 rings (SSSR count). The highest BCUT2D eigenvalue weighted by molar-refractivity contribution is 6.39. The minimum atomic E-state index is -1.32. The van der Waals surface area contributed by atoms with E-state index in [4.69, 9.17) is 33.7 Å². The van der Waals surface area contributed by atoms with E-state index in [-0.39, 0.29) is 33.7 Å². The van der Waals surface area contributed by atoms with Gasteiger partial charge in [-0.05, 0) is 43.1 Å². The number of halogens is 2. The van der Waals surface area contributed by atoms with Crippen LogP contribution in [0.2, 0.25) is 10.0 Å². The SMILES string of the molecule is NCCCCOc1c(Cl)cc(C(=O)NC2(Cc3ccccc3)C(=O)N2c2ccccc2)c(O)c1Cl. The van der Waals surface area contributed by atoms with E-state index in [1.54, 1.807) is 12.1 Å². The number of carbonyl (C=O) groups excluding carboxylic acids is 2. The Bertz CT molecular complexity index is 1220. The van der Waals surface area contributed by atoms with Crippen LogP contribution in [0.3, 0.4) is 0 Å². The first-order valence-corrected chi connectivity index (χ1v) is 11.9. The molecule has 35 heavy (non-hydrogen) atoms. The lowest BCUT2D eigenvalue weighted by Gasteiger charge is -2.19. The minimum Gasteiger partial charge on any atom is -0.505 e. The average Bonchev–Trinajstić information content (AvgIpc) is 3.43. The molecule has 1 saturated heterocycles. The van der Waals surface area contributed by atoms with E-state index in [9.17, 15) is 14.7 Å². The monoisotopic (exact) mass is 513 g/mol. The van der Waals surface area contributed by atoms with Gasteiger partial charge in [0, 0.05) is 12.1 Å². The minimum absolute atomic E-state index is 0.0739. The Labute approximate surface area is 213 Å². The molecular formula is C26H25Cl2N3O4. The number of para-hydroxylation sites is 1. The van der Waals surface area contributed by atoms with Crippen molar-refractivity contribution in [2.45, 2.75) is 24.9 Å². The third kappa shape index (κ3) is 5.07. The number of phenols is 1. The normalized spacial score (nSPS) is 16.8. The van der Waals surface area contributed by atoms with Crippen molar-refractivity contribution in [2.24, 2.45) is 5.73 Å². The molecule has 4 N–H and O–H groups in total. The van der Waals surface area contributed by atoms with Gasteiger partial charge in [0.15, 0.2) is 11.5 Å². The summed E-state index contributed by atoms with van der Waals surface area (Å²) in [6.45, 7) is 0.834. The number of nitrogens with zero attached hydrogens (tertiary/aromatic N) is 1. The number of hydrogen-bond acceptors (Lipinski definition) is 5. The largest absolute Gasteiger partial charge is 0.505 e. The summed E-state index contributed by atoms with van der Waals surface area (Å²) in [5.41, 5.74) is 5.52. The summed E-state index contributed by atoms with van der Waals surface area (Å²) in [7, 11) is 0. The molecule has 1 atom stereocenters. The van der Waals surface area contributed by atoms with Gasteiger partial charge in [-0.3, -0.25) is 14.5 Å². The molecule has 0 bridgehead atoms. The van der Waals surface area contributed by atoms with Crippen molar-refractivity contribution in [2.75, 3.05) is 18.1 Å². The number of unbranched alkanes of at least 4 members (excludes halogenated alkanes) is 1. The van der Waals surface area contributed by atoms with Crippen LogP contribution in [0.25, 0.3) is 0 Å². The predicted molar refractivity (Wildman–Crippen MR) is 136 cm³/mol. The lowest BCUT2D eigenvalue weighted by atomic mass is 10.0. The van der Waals surface area contributed by atoms with Crippen molar-refractivity contribution < 1.29 is 19.4 Å². The first-order chi connectivity index (χ1) is 16.9.